The number of nitrogens with two attached hydrogens (primary N) is 1. The first-order chi connectivity index (χ1) is 7.89. The van der Waals surface area contributed by atoms with Crippen molar-refractivity contribution in [2.24, 2.45) is 0 Å². The van der Waals surface area contributed by atoms with E-state index in [9.17, 15) is 8.42 Å². The highest BCUT2D eigenvalue weighted by Gasteiger charge is 2.31. The maximum Gasteiger partial charge on any atom is 0.152 e. The maximum atomic E-state index is 11.4. The van der Waals surface area contributed by atoms with E-state index in [1.807, 2.05) is 24.9 Å². The van der Waals surface area contributed by atoms with E-state index in [-0.39, 0.29) is 17.5 Å². The van der Waals surface area contributed by atoms with Crippen LogP contribution in [0.5, 0.6) is 0 Å². The minimum Gasteiger partial charge on any atom is -0.397 e. The molecule has 1 aromatic rings. The Morgan fingerprint density at radius 1 is 1.47 bits per heavy atom. The van der Waals surface area contributed by atoms with Crippen LogP contribution >= 0.6 is 0 Å². The van der Waals surface area contributed by atoms with Crippen molar-refractivity contribution >= 4 is 21.3 Å². The molecule has 1 fully saturated rings. The predicted molar refractivity (Wildman–Crippen MR) is 68.8 cm³/mol. The van der Waals surface area contributed by atoms with Crippen LogP contribution < -0.4 is 10.6 Å². The quantitative estimate of drug-likeness (QED) is 0.837. The van der Waals surface area contributed by atoms with Crippen LogP contribution in [0.3, 0.4) is 0 Å². The van der Waals surface area contributed by atoms with E-state index in [4.69, 9.17) is 5.73 Å². The molecule has 94 valence electrons. The van der Waals surface area contributed by atoms with Gasteiger partial charge in [-0.2, -0.15) is 0 Å². The first-order valence-electron chi connectivity index (χ1n) is 5.55. The molecule has 0 radical (unpaired) electrons. The molecule has 6 heteroatoms. The summed E-state index contributed by atoms with van der Waals surface area (Å²) in [6.07, 6.45) is 0.671. The largest absolute Gasteiger partial charge is 0.397 e. The highest BCUT2D eigenvalue weighted by atomic mass is 32.2. The van der Waals surface area contributed by atoms with Gasteiger partial charge in [-0.25, -0.2) is 13.4 Å². The molecule has 1 saturated heterocycles. The number of rotatable bonds is 2. The second-order valence-electron chi connectivity index (χ2n) is 4.51. The summed E-state index contributed by atoms with van der Waals surface area (Å²) in [7, 11) is -0.982. The van der Waals surface area contributed by atoms with E-state index in [0.717, 1.165) is 11.5 Å². The smallest absolute Gasteiger partial charge is 0.152 e. The molecule has 1 atom stereocenters. The van der Waals surface area contributed by atoms with Crippen molar-refractivity contribution in [3.05, 3.63) is 17.8 Å². The van der Waals surface area contributed by atoms with Crippen molar-refractivity contribution in [2.75, 3.05) is 29.2 Å². The molecule has 1 aromatic heterocycles. The second-order valence-corrected chi connectivity index (χ2v) is 6.74. The maximum absolute atomic E-state index is 11.4. The Morgan fingerprint density at radius 2 is 2.18 bits per heavy atom. The number of sulfone groups is 1. The number of nitrogens with zero attached hydrogens (tertiary/aromatic N) is 2. The summed E-state index contributed by atoms with van der Waals surface area (Å²) in [6.45, 7) is 1.85. The molecule has 2 N–H and O–H groups in total. The Morgan fingerprint density at radius 3 is 2.71 bits per heavy atom. The highest BCUT2D eigenvalue weighted by Crippen LogP contribution is 2.22. The Balaban J connectivity index is 2.20. The molecule has 0 aromatic carbocycles. The lowest BCUT2D eigenvalue weighted by Crippen LogP contribution is -2.33. The fraction of sp³-hybridized carbons (Fsp3) is 0.545. The third-order valence-corrected chi connectivity index (χ3v) is 4.98. The molecule has 2 heterocycles. The summed E-state index contributed by atoms with van der Waals surface area (Å²) in [6, 6.07) is 3.65. The fourth-order valence-electron chi connectivity index (χ4n) is 2.02. The zero-order valence-corrected chi connectivity index (χ0v) is 10.9. The van der Waals surface area contributed by atoms with E-state index in [0.29, 0.717) is 12.1 Å². The molecule has 17 heavy (non-hydrogen) atoms. The molecule has 5 nitrogen and oxygen atoms in total. The van der Waals surface area contributed by atoms with Crippen LogP contribution in [0.25, 0.3) is 0 Å². The monoisotopic (exact) mass is 255 g/mol. The van der Waals surface area contributed by atoms with E-state index in [1.165, 1.54) is 0 Å². The summed E-state index contributed by atoms with van der Waals surface area (Å²) in [5.41, 5.74) is 7.14. The molecular weight excluding hydrogens is 238 g/mol. The summed E-state index contributed by atoms with van der Waals surface area (Å²) >= 11 is 0. The number of hydrogen-bond donors (Lipinski definition) is 1. The molecule has 0 saturated carbocycles. The normalized spacial score (nSPS) is 22.6. The topological polar surface area (TPSA) is 76.3 Å². The molecule has 2 rings (SSSR count). The molecule has 0 amide bonds. The van der Waals surface area contributed by atoms with Gasteiger partial charge in [0.15, 0.2) is 9.84 Å². The Bertz CT molecular complexity index is 528. The van der Waals surface area contributed by atoms with Crippen LogP contribution in [-0.2, 0) is 9.84 Å². The van der Waals surface area contributed by atoms with Gasteiger partial charge in [0.05, 0.1) is 22.9 Å². The lowest BCUT2D eigenvalue weighted by atomic mass is 10.2. The van der Waals surface area contributed by atoms with Crippen molar-refractivity contribution in [1.29, 1.82) is 0 Å². The van der Waals surface area contributed by atoms with Gasteiger partial charge < -0.3 is 10.6 Å². The van der Waals surface area contributed by atoms with Gasteiger partial charge in [-0.15, -0.1) is 0 Å². The average Bonchev–Trinajstić information content (AvgIpc) is 2.62. The first kappa shape index (κ1) is 12.2. The summed E-state index contributed by atoms with van der Waals surface area (Å²) in [5.74, 6) is 1.27. The lowest BCUT2D eigenvalue weighted by molar-refractivity contribution is 0.600. The number of hydrogen-bond acceptors (Lipinski definition) is 5. The Labute approximate surface area is 102 Å². The number of pyridine rings is 1. The third-order valence-electron chi connectivity index (χ3n) is 3.23. The van der Waals surface area contributed by atoms with Gasteiger partial charge in [0, 0.05) is 13.1 Å². The van der Waals surface area contributed by atoms with Crippen LogP contribution in [0.15, 0.2) is 12.1 Å². The van der Waals surface area contributed by atoms with Crippen molar-refractivity contribution in [3.63, 3.8) is 0 Å². The molecule has 0 spiro atoms. The van der Waals surface area contributed by atoms with Gasteiger partial charge in [0.1, 0.15) is 5.82 Å². The Hall–Kier alpha value is -1.30. The van der Waals surface area contributed by atoms with Crippen LogP contribution in [0.2, 0.25) is 0 Å². The van der Waals surface area contributed by atoms with Gasteiger partial charge in [-0.1, -0.05) is 0 Å². The first-order valence-corrected chi connectivity index (χ1v) is 7.37. The highest BCUT2D eigenvalue weighted by molar-refractivity contribution is 7.91. The van der Waals surface area contributed by atoms with Gasteiger partial charge in [-0.05, 0) is 25.5 Å². The predicted octanol–water partition coefficient (Wildman–Crippen LogP) is 0.596. The minimum atomic E-state index is -2.86. The third kappa shape index (κ3) is 2.52. The van der Waals surface area contributed by atoms with Crippen molar-refractivity contribution in [3.8, 4) is 0 Å². The molecular formula is C11H17N3O2S. The summed E-state index contributed by atoms with van der Waals surface area (Å²) < 4.78 is 22.9. The van der Waals surface area contributed by atoms with E-state index >= 15 is 0 Å². The van der Waals surface area contributed by atoms with Crippen molar-refractivity contribution in [2.45, 2.75) is 19.4 Å². The minimum absolute atomic E-state index is 0.0236. The fourth-order valence-corrected chi connectivity index (χ4v) is 3.80. The van der Waals surface area contributed by atoms with Crippen LogP contribution in [0.4, 0.5) is 11.5 Å². The van der Waals surface area contributed by atoms with Gasteiger partial charge >= 0.3 is 0 Å². The van der Waals surface area contributed by atoms with E-state index in [1.54, 1.807) is 6.07 Å². The molecule has 1 aliphatic heterocycles. The summed E-state index contributed by atoms with van der Waals surface area (Å²) in [4.78, 5) is 6.30. The molecule has 1 aliphatic rings. The molecule has 0 aliphatic carbocycles. The molecule has 0 bridgehead atoms. The number of anilines is 2. The number of nitrogen functional groups attached to an aromatic ring is 1. The van der Waals surface area contributed by atoms with E-state index in [2.05, 4.69) is 4.98 Å². The van der Waals surface area contributed by atoms with Gasteiger partial charge in [-0.3, -0.25) is 0 Å². The average molecular weight is 255 g/mol. The van der Waals surface area contributed by atoms with Gasteiger partial charge in [0.25, 0.3) is 0 Å². The van der Waals surface area contributed by atoms with Crippen LogP contribution in [0, 0.1) is 6.92 Å². The van der Waals surface area contributed by atoms with Gasteiger partial charge in [0.2, 0.25) is 0 Å². The standard InChI is InChI=1S/C11H17N3O2S/c1-8-10(12)3-4-11(13-8)14(2)9-5-6-17(15,16)7-9/h3-4,9H,5-7,12H2,1-2H3. The SMILES string of the molecule is Cc1nc(N(C)C2CCS(=O)(=O)C2)ccc1N. The van der Waals surface area contributed by atoms with Crippen LogP contribution in [0.1, 0.15) is 12.1 Å². The lowest BCUT2D eigenvalue weighted by Gasteiger charge is -2.24. The van der Waals surface area contributed by atoms with Crippen molar-refractivity contribution in [1.82, 2.24) is 4.98 Å². The number of aromatic nitrogens is 1. The van der Waals surface area contributed by atoms with E-state index < -0.39 is 9.84 Å². The Kier molecular flexibility index (Phi) is 2.99. The zero-order valence-electron chi connectivity index (χ0n) is 10.0. The van der Waals surface area contributed by atoms with Crippen LogP contribution in [-0.4, -0.2) is 38.0 Å². The summed E-state index contributed by atoms with van der Waals surface area (Å²) in [5, 5.41) is 0. The number of aryl methyl sites for hydroxylation is 1. The zero-order chi connectivity index (χ0) is 12.6. The van der Waals surface area contributed by atoms with Crippen molar-refractivity contribution < 1.29 is 8.42 Å². The second kappa shape index (κ2) is 4.18. The molecule has 1 unspecified atom stereocenters.